The summed E-state index contributed by atoms with van der Waals surface area (Å²) in [5, 5.41) is 1.06. The van der Waals surface area contributed by atoms with Gasteiger partial charge < -0.3 is 0 Å². The molecule has 4 nitrogen and oxygen atoms in total. The third-order valence-corrected chi connectivity index (χ3v) is 10.1. The number of benzene rings is 2. The molecule has 0 amide bonds. The number of nitrogens with two attached hydrogens (primary N) is 1. The van der Waals surface area contributed by atoms with Crippen molar-refractivity contribution in [1.82, 2.24) is 0 Å². The average molecular weight is 472 g/mol. The van der Waals surface area contributed by atoms with Crippen LogP contribution in [0.2, 0.25) is 0 Å². The average Bonchev–Trinajstić information content (AvgIpc) is 2.62. The molecule has 0 aliphatic heterocycles. The van der Waals surface area contributed by atoms with Crippen LogP contribution in [0.5, 0.6) is 0 Å². The van der Waals surface area contributed by atoms with Crippen LogP contribution in [0.15, 0.2) is 60.7 Å². The fourth-order valence-corrected chi connectivity index (χ4v) is 5.91. The predicted molar refractivity (Wildman–Crippen MR) is 100 cm³/mol. The van der Waals surface area contributed by atoms with Gasteiger partial charge in [-0.25, -0.2) is 0 Å². The molecule has 1 radical (unpaired) electrons. The van der Waals surface area contributed by atoms with Crippen LogP contribution >= 0.6 is 4.64 Å². The molecule has 24 heavy (non-hydrogen) atoms. The van der Waals surface area contributed by atoms with Gasteiger partial charge in [0, 0.05) is 0 Å². The Kier molecular flexibility index (Phi) is 7.03. The summed E-state index contributed by atoms with van der Waals surface area (Å²) in [6.07, 6.45) is 0.288. The van der Waals surface area contributed by atoms with Crippen LogP contribution in [0.25, 0.3) is 0 Å². The number of amidine groups is 1. The topological polar surface area (TPSA) is 55.3 Å². The minimum absolute atomic E-state index is 0.288. The molecule has 0 aromatic heterocycles. The SMILES string of the molecule is CCC(=O)O[N+](Cc1ccccc1)=C(N)[P+]([Se])([Se-])c1ccccc1. The molecule has 0 saturated carbocycles. The van der Waals surface area contributed by atoms with Gasteiger partial charge in [0.1, 0.15) is 0 Å². The minimum atomic E-state index is -2.05. The molecule has 2 N–H and O–H groups in total. The molecule has 0 heterocycles. The monoisotopic (exact) mass is 474 g/mol. The number of hydrogen-bond donors (Lipinski definition) is 1. The standard InChI is InChI=1S/C17H18N2O2PSe2/c1-2-16(20)21-19(13-14-9-5-3-6-10-14)17(18)22(23,24)15-11-7-4-8-12-15/h3-12,18H,2,13H2,1H3/p+1. The van der Waals surface area contributed by atoms with Crippen molar-refractivity contribution in [3.63, 3.8) is 0 Å². The Balaban J connectivity index is 2.42. The normalized spacial score (nSPS) is 14.5. The molecular weight excluding hydrogens is 453 g/mol. The molecule has 2 rings (SSSR count). The van der Waals surface area contributed by atoms with E-state index in [1.54, 1.807) is 6.92 Å². The van der Waals surface area contributed by atoms with Crippen LogP contribution < -0.4 is 11.0 Å². The van der Waals surface area contributed by atoms with E-state index in [4.69, 9.17) is 10.6 Å². The van der Waals surface area contributed by atoms with E-state index in [2.05, 4.69) is 31.1 Å². The van der Waals surface area contributed by atoms with Crippen LogP contribution in [0, 0.1) is 0 Å². The van der Waals surface area contributed by atoms with Crippen molar-refractivity contribution in [2.45, 2.75) is 19.9 Å². The summed E-state index contributed by atoms with van der Waals surface area (Å²) >= 11 is 6.38. The second-order valence-corrected chi connectivity index (χ2v) is 17.6. The van der Waals surface area contributed by atoms with Crippen molar-refractivity contribution in [1.29, 1.82) is 0 Å². The van der Waals surface area contributed by atoms with E-state index < -0.39 is 4.64 Å². The van der Waals surface area contributed by atoms with Gasteiger partial charge in [-0.05, 0) is 0 Å². The third kappa shape index (κ3) is 4.92. The van der Waals surface area contributed by atoms with Gasteiger partial charge >= 0.3 is 159 Å². The zero-order valence-electron chi connectivity index (χ0n) is 13.3. The number of rotatable bonds is 6. The number of carbonyl (C=O) groups is 1. The molecule has 2 aromatic carbocycles. The van der Waals surface area contributed by atoms with Crippen molar-refractivity contribution in [2.75, 3.05) is 0 Å². The van der Waals surface area contributed by atoms with Crippen molar-refractivity contribution in [3.05, 3.63) is 66.2 Å². The molecule has 0 aliphatic rings. The van der Waals surface area contributed by atoms with Gasteiger partial charge in [0.15, 0.2) is 0 Å². The van der Waals surface area contributed by atoms with Gasteiger partial charge in [0.2, 0.25) is 0 Å². The fraction of sp³-hybridized carbons (Fsp3) is 0.176. The van der Waals surface area contributed by atoms with Gasteiger partial charge in [-0.15, -0.1) is 0 Å². The van der Waals surface area contributed by atoms with Crippen molar-refractivity contribution in [2.24, 2.45) is 5.73 Å². The first-order valence-corrected chi connectivity index (χ1v) is 13.7. The summed E-state index contributed by atoms with van der Waals surface area (Å²) in [6, 6.07) is 19.7. The summed E-state index contributed by atoms with van der Waals surface area (Å²) in [5.41, 5.74) is 7.94. The molecule has 0 saturated heterocycles. The Bertz CT molecular complexity index is 722. The Labute approximate surface area is 158 Å². The molecular formula is C17H19N2O2PSe2+. The number of nitrogens with zero attached hydrogens (tertiary/aromatic N) is 1. The molecule has 0 bridgehead atoms. The molecule has 2 aromatic rings. The first-order valence-electron chi connectivity index (χ1n) is 7.47. The van der Waals surface area contributed by atoms with E-state index >= 15 is 0 Å². The first kappa shape index (κ1) is 19.2. The third-order valence-electron chi connectivity index (χ3n) is 3.32. The van der Waals surface area contributed by atoms with Crippen molar-refractivity contribution >= 4 is 52.6 Å². The number of hydrogen-bond acceptors (Lipinski definition) is 2. The van der Waals surface area contributed by atoms with Gasteiger partial charge in [-0.2, -0.15) is 0 Å². The molecule has 0 atom stereocenters. The molecule has 0 spiro atoms. The summed E-state index contributed by atoms with van der Waals surface area (Å²) < 4.78 is -0.558. The fourth-order valence-electron chi connectivity index (χ4n) is 2.00. The summed E-state index contributed by atoms with van der Waals surface area (Å²) in [6.45, 7) is 2.16. The zero-order chi connectivity index (χ0) is 17.6. The Morgan fingerprint density at radius 3 is 2.25 bits per heavy atom. The van der Waals surface area contributed by atoms with Gasteiger partial charge in [-0.1, -0.05) is 0 Å². The second kappa shape index (κ2) is 8.80. The van der Waals surface area contributed by atoms with Crippen LogP contribution in [0.4, 0.5) is 0 Å². The number of hydroxylamine groups is 1. The number of carbonyl (C=O) groups excluding carboxylic acids is 1. The van der Waals surface area contributed by atoms with E-state index in [-0.39, 0.29) is 12.4 Å². The Morgan fingerprint density at radius 2 is 1.71 bits per heavy atom. The Hall–Kier alpha value is -1.15. The van der Waals surface area contributed by atoms with Crippen LogP contribution in [0.3, 0.4) is 0 Å². The summed E-state index contributed by atoms with van der Waals surface area (Å²) in [7, 11) is 0. The predicted octanol–water partition coefficient (Wildman–Crippen LogP) is 1.89. The van der Waals surface area contributed by atoms with Crippen LogP contribution in [-0.4, -0.2) is 47.4 Å². The van der Waals surface area contributed by atoms with Gasteiger partial charge in [0.05, 0.1) is 0 Å². The maximum absolute atomic E-state index is 11.8. The van der Waals surface area contributed by atoms with E-state index in [1.165, 1.54) is 4.74 Å². The van der Waals surface area contributed by atoms with E-state index in [0.29, 0.717) is 12.1 Å². The van der Waals surface area contributed by atoms with Gasteiger partial charge in [-0.3, -0.25) is 0 Å². The molecule has 0 fully saturated rings. The Morgan fingerprint density at radius 1 is 1.17 bits per heavy atom. The maximum atomic E-state index is 11.8. The quantitative estimate of drug-likeness (QED) is 0.133. The summed E-state index contributed by atoms with van der Waals surface area (Å²) in [5.74, 6) is -0.318. The molecule has 0 unspecified atom stereocenters. The van der Waals surface area contributed by atoms with Crippen molar-refractivity contribution in [3.8, 4) is 0 Å². The van der Waals surface area contributed by atoms with E-state index in [9.17, 15) is 4.79 Å². The van der Waals surface area contributed by atoms with Crippen molar-refractivity contribution < 1.29 is 14.4 Å². The molecule has 125 valence electrons. The molecule has 7 heteroatoms. The first-order chi connectivity index (χ1) is 11.4. The zero-order valence-corrected chi connectivity index (χ0v) is 17.6. The molecule has 0 aliphatic carbocycles. The summed E-state index contributed by atoms with van der Waals surface area (Å²) in [4.78, 5) is 17.3. The van der Waals surface area contributed by atoms with Crippen LogP contribution in [-0.2, 0) is 16.2 Å². The second-order valence-electron chi connectivity index (χ2n) is 5.08. The van der Waals surface area contributed by atoms with E-state index in [0.717, 1.165) is 10.9 Å². The van der Waals surface area contributed by atoms with Crippen LogP contribution in [0.1, 0.15) is 18.9 Å². The van der Waals surface area contributed by atoms with E-state index in [1.807, 2.05) is 60.7 Å². The van der Waals surface area contributed by atoms with Gasteiger partial charge in [0.25, 0.3) is 0 Å².